The fourth-order valence-electron chi connectivity index (χ4n) is 1.60. The van der Waals surface area contributed by atoms with E-state index >= 15 is 0 Å². The van der Waals surface area contributed by atoms with Crippen LogP contribution in [0.15, 0.2) is 29.2 Å². The number of hydrogen-bond donors (Lipinski definition) is 2. The van der Waals surface area contributed by atoms with Gasteiger partial charge in [-0.2, -0.15) is 0 Å². The number of para-hydroxylation sites is 1. The van der Waals surface area contributed by atoms with E-state index in [4.69, 9.17) is 5.73 Å². The van der Waals surface area contributed by atoms with Gasteiger partial charge in [-0.25, -0.2) is 4.79 Å². The van der Waals surface area contributed by atoms with Gasteiger partial charge in [0.2, 0.25) is 0 Å². The molecule has 2 amide bonds. The number of nitrogens with two attached hydrogens (primary N) is 1. The van der Waals surface area contributed by atoms with Gasteiger partial charge in [-0.15, -0.1) is 11.8 Å². The lowest BCUT2D eigenvalue weighted by Gasteiger charge is -2.13. The van der Waals surface area contributed by atoms with Gasteiger partial charge in [-0.05, 0) is 12.1 Å². The SMILES string of the molecule is Nc1ccccc1SCCN1CCNC1=O. The number of nitrogens with one attached hydrogen (secondary N) is 1. The molecule has 1 aliphatic rings. The Balaban J connectivity index is 1.80. The lowest BCUT2D eigenvalue weighted by Crippen LogP contribution is -2.30. The van der Waals surface area contributed by atoms with Crippen molar-refractivity contribution in [2.24, 2.45) is 0 Å². The Kier molecular flexibility index (Phi) is 3.56. The van der Waals surface area contributed by atoms with Gasteiger partial charge >= 0.3 is 6.03 Å². The third-order valence-electron chi connectivity index (χ3n) is 2.48. The van der Waals surface area contributed by atoms with Crippen LogP contribution in [0.3, 0.4) is 0 Å². The van der Waals surface area contributed by atoms with Gasteiger partial charge in [0, 0.05) is 36.0 Å². The molecule has 2 rings (SSSR count). The fraction of sp³-hybridized carbons (Fsp3) is 0.364. The normalized spacial score (nSPS) is 15.2. The van der Waals surface area contributed by atoms with Gasteiger partial charge in [0.1, 0.15) is 0 Å². The Labute approximate surface area is 99.2 Å². The molecule has 0 saturated carbocycles. The summed E-state index contributed by atoms with van der Waals surface area (Å²) in [5.41, 5.74) is 6.63. The van der Waals surface area contributed by atoms with E-state index < -0.39 is 0 Å². The Morgan fingerprint density at radius 2 is 2.25 bits per heavy atom. The minimum absolute atomic E-state index is 0.0432. The van der Waals surface area contributed by atoms with Crippen LogP contribution < -0.4 is 11.1 Å². The molecule has 3 N–H and O–H groups in total. The van der Waals surface area contributed by atoms with Crippen LogP contribution in [0.2, 0.25) is 0 Å². The zero-order valence-electron chi connectivity index (χ0n) is 8.98. The average Bonchev–Trinajstić information content (AvgIpc) is 2.67. The molecule has 5 heteroatoms. The molecule has 86 valence electrons. The van der Waals surface area contributed by atoms with E-state index in [1.807, 2.05) is 29.2 Å². The molecule has 0 atom stereocenters. The van der Waals surface area contributed by atoms with Crippen molar-refractivity contribution in [3.8, 4) is 0 Å². The molecule has 1 aliphatic heterocycles. The first-order valence-electron chi connectivity index (χ1n) is 5.27. The number of nitrogen functional groups attached to an aromatic ring is 1. The number of hydrogen-bond acceptors (Lipinski definition) is 3. The van der Waals surface area contributed by atoms with Crippen molar-refractivity contribution >= 4 is 23.5 Å². The lowest BCUT2D eigenvalue weighted by molar-refractivity contribution is 0.220. The summed E-state index contributed by atoms with van der Waals surface area (Å²) >= 11 is 1.69. The first kappa shape index (κ1) is 11.1. The third kappa shape index (κ3) is 2.61. The van der Waals surface area contributed by atoms with Crippen molar-refractivity contribution in [2.45, 2.75) is 4.90 Å². The Morgan fingerprint density at radius 3 is 2.94 bits per heavy atom. The van der Waals surface area contributed by atoms with Gasteiger partial charge in [0.25, 0.3) is 0 Å². The smallest absolute Gasteiger partial charge is 0.317 e. The maximum absolute atomic E-state index is 11.3. The van der Waals surface area contributed by atoms with E-state index in [-0.39, 0.29) is 6.03 Å². The highest BCUT2D eigenvalue weighted by atomic mass is 32.2. The van der Waals surface area contributed by atoms with Gasteiger partial charge < -0.3 is 16.0 Å². The highest BCUT2D eigenvalue weighted by Gasteiger charge is 2.18. The Bertz CT molecular complexity index is 383. The molecule has 0 unspecified atom stereocenters. The molecule has 16 heavy (non-hydrogen) atoms. The summed E-state index contributed by atoms with van der Waals surface area (Å²) in [4.78, 5) is 14.2. The topological polar surface area (TPSA) is 58.4 Å². The monoisotopic (exact) mass is 237 g/mol. The largest absolute Gasteiger partial charge is 0.398 e. The summed E-state index contributed by atoms with van der Waals surface area (Å²) in [5.74, 6) is 0.877. The van der Waals surface area contributed by atoms with Crippen LogP contribution in [0.5, 0.6) is 0 Å². The van der Waals surface area contributed by atoms with Crippen molar-refractivity contribution in [1.29, 1.82) is 0 Å². The minimum atomic E-state index is 0.0432. The van der Waals surface area contributed by atoms with E-state index in [0.717, 1.165) is 36.0 Å². The van der Waals surface area contributed by atoms with Crippen molar-refractivity contribution < 1.29 is 4.79 Å². The Hall–Kier alpha value is -1.36. The number of amides is 2. The molecule has 1 aromatic rings. The van der Waals surface area contributed by atoms with Crippen molar-refractivity contribution in [1.82, 2.24) is 10.2 Å². The van der Waals surface area contributed by atoms with Crippen LogP contribution in [0, 0.1) is 0 Å². The first-order valence-corrected chi connectivity index (χ1v) is 6.26. The maximum atomic E-state index is 11.3. The van der Waals surface area contributed by atoms with E-state index in [0.29, 0.717) is 0 Å². The summed E-state index contributed by atoms with van der Waals surface area (Å²) in [5, 5.41) is 2.78. The second-order valence-corrected chi connectivity index (χ2v) is 4.74. The number of benzene rings is 1. The lowest BCUT2D eigenvalue weighted by atomic mass is 10.3. The molecule has 0 radical (unpaired) electrons. The zero-order valence-corrected chi connectivity index (χ0v) is 9.80. The summed E-state index contributed by atoms with van der Waals surface area (Å²) in [6.07, 6.45) is 0. The first-order chi connectivity index (χ1) is 7.77. The van der Waals surface area contributed by atoms with E-state index in [9.17, 15) is 4.79 Å². The van der Waals surface area contributed by atoms with Crippen molar-refractivity contribution in [3.63, 3.8) is 0 Å². The van der Waals surface area contributed by atoms with Crippen LogP contribution in [0.4, 0.5) is 10.5 Å². The highest BCUT2D eigenvalue weighted by Crippen LogP contribution is 2.24. The summed E-state index contributed by atoms with van der Waals surface area (Å²) in [7, 11) is 0. The van der Waals surface area contributed by atoms with Crippen LogP contribution in [-0.4, -0.2) is 36.3 Å². The summed E-state index contributed by atoms with van der Waals surface area (Å²) in [6.45, 7) is 2.34. The summed E-state index contributed by atoms with van der Waals surface area (Å²) < 4.78 is 0. The van der Waals surface area contributed by atoms with Gasteiger partial charge in [0.15, 0.2) is 0 Å². The number of rotatable bonds is 4. The zero-order chi connectivity index (χ0) is 11.4. The van der Waals surface area contributed by atoms with Crippen LogP contribution in [0.25, 0.3) is 0 Å². The van der Waals surface area contributed by atoms with Gasteiger partial charge in [-0.3, -0.25) is 0 Å². The third-order valence-corrected chi connectivity index (χ3v) is 3.55. The molecular formula is C11H15N3OS. The van der Waals surface area contributed by atoms with Gasteiger partial charge in [0.05, 0.1) is 0 Å². The number of carbonyl (C=O) groups excluding carboxylic acids is 1. The van der Waals surface area contributed by atoms with E-state index in [1.54, 1.807) is 11.8 Å². The van der Waals surface area contributed by atoms with Crippen LogP contribution in [0.1, 0.15) is 0 Å². The van der Waals surface area contributed by atoms with E-state index in [1.165, 1.54) is 0 Å². The molecule has 4 nitrogen and oxygen atoms in total. The predicted octanol–water partition coefficient (Wildman–Crippen LogP) is 1.39. The number of urea groups is 1. The highest BCUT2D eigenvalue weighted by molar-refractivity contribution is 7.99. The van der Waals surface area contributed by atoms with Crippen molar-refractivity contribution in [3.05, 3.63) is 24.3 Å². The molecule has 1 saturated heterocycles. The maximum Gasteiger partial charge on any atom is 0.317 e. The number of carbonyl (C=O) groups is 1. The molecular weight excluding hydrogens is 222 g/mol. The number of nitrogens with zero attached hydrogens (tertiary/aromatic N) is 1. The molecule has 0 bridgehead atoms. The van der Waals surface area contributed by atoms with E-state index in [2.05, 4.69) is 5.32 Å². The van der Waals surface area contributed by atoms with Crippen LogP contribution >= 0.6 is 11.8 Å². The predicted molar refractivity (Wildman–Crippen MR) is 66.6 cm³/mol. The second-order valence-electron chi connectivity index (χ2n) is 3.61. The summed E-state index contributed by atoms with van der Waals surface area (Å²) in [6, 6.07) is 7.84. The molecule has 1 heterocycles. The second kappa shape index (κ2) is 5.12. The molecule has 0 aromatic heterocycles. The van der Waals surface area contributed by atoms with Crippen LogP contribution in [-0.2, 0) is 0 Å². The number of anilines is 1. The fourth-order valence-corrected chi connectivity index (χ4v) is 2.54. The molecule has 1 fully saturated rings. The minimum Gasteiger partial charge on any atom is -0.398 e. The van der Waals surface area contributed by atoms with Gasteiger partial charge in [-0.1, -0.05) is 12.1 Å². The standard InChI is InChI=1S/C11H15N3OS/c12-9-3-1-2-4-10(9)16-8-7-14-6-5-13-11(14)15/h1-4H,5-8,12H2,(H,13,15). The quantitative estimate of drug-likeness (QED) is 0.614. The Morgan fingerprint density at radius 1 is 1.44 bits per heavy atom. The molecule has 0 spiro atoms. The molecule has 1 aromatic carbocycles. The molecule has 0 aliphatic carbocycles. The average molecular weight is 237 g/mol. The van der Waals surface area contributed by atoms with Crippen molar-refractivity contribution in [2.75, 3.05) is 31.1 Å². The number of thioether (sulfide) groups is 1.